The summed E-state index contributed by atoms with van der Waals surface area (Å²) >= 11 is 0. The summed E-state index contributed by atoms with van der Waals surface area (Å²) in [5.41, 5.74) is -1.73. The number of hydrogen-bond acceptors (Lipinski definition) is 4. The van der Waals surface area contributed by atoms with Gasteiger partial charge >= 0.3 is 6.18 Å². The van der Waals surface area contributed by atoms with Crippen molar-refractivity contribution >= 4 is 11.4 Å². The molecule has 2 N–H and O–H groups in total. The second-order valence-electron chi connectivity index (χ2n) is 7.14. The third-order valence-electron chi connectivity index (χ3n) is 4.57. The first-order valence-corrected chi connectivity index (χ1v) is 8.37. The highest BCUT2D eigenvalue weighted by atomic mass is 19.4. The van der Waals surface area contributed by atoms with E-state index in [2.05, 4.69) is 15.6 Å². The van der Waals surface area contributed by atoms with E-state index in [1.54, 1.807) is 13.8 Å². The number of halogens is 3. The number of piperazine rings is 1. The van der Waals surface area contributed by atoms with Crippen LogP contribution in [-0.4, -0.2) is 52.9 Å². The number of hydrogen-bond donors (Lipinski definition) is 2. The number of rotatable bonds is 3. The van der Waals surface area contributed by atoms with Gasteiger partial charge in [-0.2, -0.15) is 13.2 Å². The molecule has 0 bridgehead atoms. The number of carbonyl (C=O) groups is 1. The van der Waals surface area contributed by atoms with Crippen molar-refractivity contribution in [1.82, 2.24) is 24.9 Å². The van der Waals surface area contributed by atoms with Crippen molar-refractivity contribution in [2.75, 3.05) is 26.7 Å². The van der Waals surface area contributed by atoms with Gasteiger partial charge in [0.15, 0.2) is 0 Å². The van der Waals surface area contributed by atoms with E-state index in [-0.39, 0.29) is 17.5 Å². The summed E-state index contributed by atoms with van der Waals surface area (Å²) in [7, 11) is 1.94. The van der Waals surface area contributed by atoms with Gasteiger partial charge in [-0.3, -0.25) is 4.79 Å². The highest BCUT2D eigenvalue weighted by Crippen LogP contribution is 2.33. The first-order chi connectivity index (χ1) is 12.1. The van der Waals surface area contributed by atoms with E-state index < -0.39 is 17.3 Å². The Morgan fingerprint density at radius 1 is 1.38 bits per heavy atom. The van der Waals surface area contributed by atoms with Crippen LogP contribution in [0.3, 0.4) is 0 Å². The average Bonchev–Trinajstić information content (AvgIpc) is 2.98. The highest BCUT2D eigenvalue weighted by molar-refractivity contribution is 5.83. The van der Waals surface area contributed by atoms with Crippen molar-refractivity contribution in [2.45, 2.75) is 31.6 Å². The number of fused-ring (bicyclic) bond motifs is 1. The summed E-state index contributed by atoms with van der Waals surface area (Å²) in [5.74, 6) is 0.140. The van der Waals surface area contributed by atoms with E-state index >= 15 is 0 Å². The summed E-state index contributed by atoms with van der Waals surface area (Å²) in [6.45, 7) is 5.59. The Hall–Kier alpha value is -2.13. The van der Waals surface area contributed by atoms with Gasteiger partial charge in [0, 0.05) is 25.8 Å². The zero-order chi connectivity index (χ0) is 19.1. The summed E-state index contributed by atoms with van der Waals surface area (Å²) in [6.07, 6.45) is -1.75. The smallest absolute Gasteiger partial charge is 0.343 e. The molecule has 1 amide bonds. The van der Waals surface area contributed by atoms with Gasteiger partial charge in [0.2, 0.25) is 5.91 Å². The Morgan fingerprint density at radius 3 is 2.77 bits per heavy atom. The third kappa shape index (κ3) is 3.54. The van der Waals surface area contributed by atoms with Crippen LogP contribution in [0.15, 0.2) is 24.5 Å². The van der Waals surface area contributed by atoms with E-state index in [1.165, 1.54) is 22.9 Å². The summed E-state index contributed by atoms with van der Waals surface area (Å²) < 4.78 is 40.9. The summed E-state index contributed by atoms with van der Waals surface area (Å²) in [4.78, 5) is 18.8. The van der Waals surface area contributed by atoms with Crippen LogP contribution >= 0.6 is 0 Å². The normalized spacial score (nSPS) is 19.7. The van der Waals surface area contributed by atoms with Crippen LogP contribution in [0, 0.1) is 0 Å². The van der Waals surface area contributed by atoms with Gasteiger partial charge in [-0.15, -0.1) is 0 Å². The lowest BCUT2D eigenvalue weighted by molar-refractivity contribution is -0.136. The zero-order valence-electron chi connectivity index (χ0n) is 14.9. The van der Waals surface area contributed by atoms with E-state index in [0.717, 1.165) is 12.6 Å². The number of nitrogens with zero attached hydrogens (tertiary/aromatic N) is 3. The van der Waals surface area contributed by atoms with Crippen LogP contribution in [-0.2, 0) is 16.5 Å². The molecule has 1 aliphatic heterocycles. The van der Waals surface area contributed by atoms with Crippen LogP contribution in [0.5, 0.6) is 0 Å². The molecule has 3 heterocycles. The molecule has 1 atom stereocenters. The molecule has 0 unspecified atom stereocenters. The first kappa shape index (κ1) is 18.7. The number of nitrogens with one attached hydrogen (secondary N) is 2. The largest absolute Gasteiger partial charge is 0.418 e. The molecule has 0 aromatic carbocycles. The third-order valence-corrected chi connectivity index (χ3v) is 4.57. The maximum Gasteiger partial charge on any atom is 0.418 e. The molecule has 142 valence electrons. The Morgan fingerprint density at radius 2 is 2.12 bits per heavy atom. The monoisotopic (exact) mass is 369 g/mol. The van der Waals surface area contributed by atoms with Crippen LogP contribution in [0.25, 0.3) is 5.52 Å². The second-order valence-corrected chi connectivity index (χ2v) is 7.14. The molecule has 0 saturated carbocycles. The van der Waals surface area contributed by atoms with Crippen molar-refractivity contribution in [3.05, 3.63) is 35.9 Å². The van der Waals surface area contributed by atoms with Gasteiger partial charge in [-0.05, 0) is 33.0 Å². The maximum atomic E-state index is 13.2. The number of alkyl halides is 3. The Kier molecular flexibility index (Phi) is 4.70. The van der Waals surface area contributed by atoms with Crippen LogP contribution < -0.4 is 10.6 Å². The molecule has 2 aromatic rings. The Balaban J connectivity index is 1.89. The predicted octanol–water partition coefficient (Wildman–Crippen LogP) is 1.61. The number of pyridine rings is 1. The van der Waals surface area contributed by atoms with Crippen molar-refractivity contribution in [3.8, 4) is 0 Å². The minimum atomic E-state index is -4.47. The molecule has 26 heavy (non-hydrogen) atoms. The topological polar surface area (TPSA) is 61.7 Å². The van der Waals surface area contributed by atoms with Crippen molar-refractivity contribution in [1.29, 1.82) is 0 Å². The lowest BCUT2D eigenvalue weighted by Crippen LogP contribution is -2.58. The van der Waals surface area contributed by atoms with E-state index in [9.17, 15) is 18.0 Å². The molecule has 0 aliphatic carbocycles. The molecule has 3 rings (SSSR count). The first-order valence-electron chi connectivity index (χ1n) is 8.37. The highest BCUT2D eigenvalue weighted by Gasteiger charge is 2.36. The van der Waals surface area contributed by atoms with Crippen LogP contribution in [0.4, 0.5) is 13.2 Å². The molecule has 1 saturated heterocycles. The Labute approximate surface area is 149 Å². The number of imidazole rings is 1. The molecule has 1 aliphatic rings. The number of carbonyl (C=O) groups excluding carboxylic acids is 1. The van der Waals surface area contributed by atoms with Gasteiger partial charge in [0.25, 0.3) is 0 Å². The minimum Gasteiger partial charge on any atom is -0.343 e. The van der Waals surface area contributed by atoms with E-state index in [4.69, 9.17) is 0 Å². The van der Waals surface area contributed by atoms with Gasteiger partial charge in [-0.25, -0.2) is 4.98 Å². The van der Waals surface area contributed by atoms with Crippen molar-refractivity contribution in [3.63, 3.8) is 0 Å². The number of aromatic nitrogens is 2. The molecule has 6 nitrogen and oxygen atoms in total. The van der Waals surface area contributed by atoms with Crippen molar-refractivity contribution < 1.29 is 18.0 Å². The molecule has 2 aromatic heterocycles. The lowest BCUT2D eigenvalue weighted by Gasteiger charge is -2.33. The average molecular weight is 369 g/mol. The van der Waals surface area contributed by atoms with Gasteiger partial charge in [0.05, 0.1) is 28.9 Å². The molecular weight excluding hydrogens is 347 g/mol. The molecule has 1 fully saturated rings. The van der Waals surface area contributed by atoms with Gasteiger partial charge < -0.3 is 19.9 Å². The van der Waals surface area contributed by atoms with Gasteiger partial charge in [0.1, 0.15) is 5.82 Å². The quantitative estimate of drug-likeness (QED) is 0.863. The van der Waals surface area contributed by atoms with Crippen LogP contribution in [0.2, 0.25) is 0 Å². The lowest BCUT2D eigenvalue weighted by atomic mass is 10.0. The van der Waals surface area contributed by atoms with E-state index in [1.807, 2.05) is 11.9 Å². The second kappa shape index (κ2) is 6.55. The molecule has 9 heteroatoms. The fourth-order valence-corrected chi connectivity index (χ4v) is 3.25. The SMILES string of the molecule is CN1CCN[C@H](C(=O)NC(C)(C)c2ncc3c(C(F)(F)F)cccn23)C1. The fraction of sp³-hybridized carbons (Fsp3) is 0.529. The summed E-state index contributed by atoms with van der Waals surface area (Å²) in [5, 5.41) is 6.06. The standard InChI is InChI=1S/C17H22F3N5O/c1-16(2,23-14(26)12-10-24(3)8-6-21-12)15-22-9-13-11(17(18,19)20)5-4-7-25(13)15/h4-5,7,9,12,21H,6,8,10H2,1-3H3,(H,23,26)/t12-/m0/s1. The van der Waals surface area contributed by atoms with E-state index in [0.29, 0.717) is 18.9 Å². The molecular formula is C17H22F3N5O. The van der Waals surface area contributed by atoms with Gasteiger partial charge in [-0.1, -0.05) is 0 Å². The maximum absolute atomic E-state index is 13.2. The van der Waals surface area contributed by atoms with Crippen molar-refractivity contribution in [2.24, 2.45) is 0 Å². The number of likely N-dealkylation sites (N-methyl/N-ethyl adjacent to an activating group) is 1. The predicted molar refractivity (Wildman–Crippen MR) is 90.7 cm³/mol. The molecule has 0 radical (unpaired) electrons. The minimum absolute atomic E-state index is 0.0344. The number of amides is 1. The van der Waals surface area contributed by atoms with Crippen LogP contribution in [0.1, 0.15) is 25.2 Å². The fourth-order valence-electron chi connectivity index (χ4n) is 3.25. The summed E-state index contributed by atoms with van der Waals surface area (Å²) in [6, 6.07) is 1.98. The zero-order valence-corrected chi connectivity index (χ0v) is 14.9. The molecule has 0 spiro atoms. The Bertz CT molecular complexity index is 814.